The van der Waals surface area contributed by atoms with Gasteiger partial charge < -0.3 is 29.5 Å². The molecule has 1 amide bonds. The Hall–Kier alpha value is -3.52. The molecule has 2 aromatic rings. The summed E-state index contributed by atoms with van der Waals surface area (Å²) in [4.78, 5) is 30.0. The van der Waals surface area contributed by atoms with E-state index in [-0.39, 0.29) is 22.8 Å². The Morgan fingerprint density at radius 3 is 2.49 bits per heavy atom. The summed E-state index contributed by atoms with van der Waals surface area (Å²) in [5, 5.41) is 21.4. The molecular weight excluding hydrogens is 448 g/mol. The van der Waals surface area contributed by atoms with Gasteiger partial charge in [-0.1, -0.05) is 39.0 Å². The molecule has 1 saturated heterocycles. The Morgan fingerprint density at radius 2 is 1.83 bits per heavy atom. The predicted molar refractivity (Wildman–Crippen MR) is 134 cm³/mol. The molecule has 0 radical (unpaired) electrons. The molecule has 0 aliphatic carbocycles. The molecule has 2 N–H and O–H groups in total. The highest BCUT2D eigenvalue weighted by Gasteiger charge is 2.46. The van der Waals surface area contributed by atoms with Gasteiger partial charge in [0.25, 0.3) is 11.7 Å². The number of Topliss-reactive ketones (excluding diaryl/α,β-unsaturated/α-hetero) is 1. The summed E-state index contributed by atoms with van der Waals surface area (Å²) in [5.41, 5.74) is 0.935. The Labute approximate surface area is 206 Å². The van der Waals surface area contributed by atoms with Crippen LogP contribution in [0.3, 0.4) is 0 Å². The van der Waals surface area contributed by atoms with Gasteiger partial charge in [-0.2, -0.15) is 0 Å². The number of hydrogen-bond donors (Lipinski definition) is 2. The minimum absolute atomic E-state index is 0.00469. The van der Waals surface area contributed by atoms with E-state index in [9.17, 15) is 19.8 Å². The number of aromatic hydroxyl groups is 1. The maximum absolute atomic E-state index is 13.2. The van der Waals surface area contributed by atoms with Crippen molar-refractivity contribution in [2.45, 2.75) is 33.2 Å². The first-order valence-corrected chi connectivity index (χ1v) is 12.0. The first kappa shape index (κ1) is 26.1. The van der Waals surface area contributed by atoms with Crippen molar-refractivity contribution in [1.29, 1.82) is 0 Å². The first-order chi connectivity index (χ1) is 16.9. The van der Waals surface area contributed by atoms with Crippen LogP contribution in [0.4, 0.5) is 0 Å². The quantitative estimate of drug-likeness (QED) is 0.284. The predicted octanol–water partition coefficient (Wildman–Crippen LogP) is 3.95. The van der Waals surface area contributed by atoms with Crippen LogP contribution >= 0.6 is 0 Å². The molecule has 2 aromatic carbocycles. The van der Waals surface area contributed by atoms with Crippen molar-refractivity contribution in [3.05, 3.63) is 59.2 Å². The van der Waals surface area contributed by atoms with Gasteiger partial charge in [0.2, 0.25) is 0 Å². The van der Waals surface area contributed by atoms with E-state index in [2.05, 4.69) is 4.90 Å². The van der Waals surface area contributed by atoms with Crippen LogP contribution in [0.2, 0.25) is 0 Å². The van der Waals surface area contributed by atoms with Gasteiger partial charge in [-0.15, -0.1) is 0 Å². The lowest BCUT2D eigenvalue weighted by atomic mass is 9.95. The number of likely N-dealkylation sites (tertiary alicyclic amines) is 1. The van der Waals surface area contributed by atoms with E-state index < -0.39 is 17.7 Å². The van der Waals surface area contributed by atoms with Gasteiger partial charge in [0, 0.05) is 18.7 Å². The summed E-state index contributed by atoms with van der Waals surface area (Å²) in [7, 11) is 1.43. The third-order valence-electron chi connectivity index (χ3n) is 6.19. The van der Waals surface area contributed by atoms with E-state index in [0.29, 0.717) is 36.6 Å². The second-order valence-corrected chi connectivity index (χ2v) is 8.33. The zero-order valence-corrected chi connectivity index (χ0v) is 20.8. The molecule has 0 spiro atoms. The fourth-order valence-corrected chi connectivity index (χ4v) is 4.22. The number of nitrogens with zero attached hydrogens (tertiary/aromatic N) is 2. The molecule has 0 aromatic heterocycles. The lowest BCUT2D eigenvalue weighted by Gasteiger charge is -2.28. The van der Waals surface area contributed by atoms with E-state index >= 15 is 0 Å². The second kappa shape index (κ2) is 11.8. The molecule has 8 nitrogen and oxygen atoms in total. The normalized spacial score (nSPS) is 17.3. The lowest BCUT2D eigenvalue weighted by molar-refractivity contribution is -0.140. The van der Waals surface area contributed by atoms with Crippen molar-refractivity contribution in [2.24, 2.45) is 0 Å². The number of phenolic OH excluding ortho intramolecular Hbond substituents is 1. The largest absolute Gasteiger partial charge is 0.507 e. The Bertz CT molecular complexity index is 1090. The van der Waals surface area contributed by atoms with Crippen molar-refractivity contribution in [3.63, 3.8) is 0 Å². The molecule has 188 valence electrons. The number of ketones is 1. The summed E-state index contributed by atoms with van der Waals surface area (Å²) >= 11 is 0. The number of aliphatic hydroxyl groups excluding tert-OH is 1. The SMILES string of the molecule is CCCOc1cccc(C(O)=C2C(=O)C(=O)N(CCN(CC)CC)C2c2ccc(O)c(OC)c2)c1. The van der Waals surface area contributed by atoms with Crippen LogP contribution in [0, 0.1) is 0 Å². The van der Waals surface area contributed by atoms with Crippen molar-refractivity contribution in [2.75, 3.05) is 39.9 Å². The van der Waals surface area contributed by atoms with Gasteiger partial charge in [0.1, 0.15) is 11.5 Å². The van der Waals surface area contributed by atoms with Gasteiger partial charge in [0.05, 0.1) is 25.3 Å². The molecule has 3 rings (SSSR count). The van der Waals surface area contributed by atoms with Crippen LogP contribution < -0.4 is 9.47 Å². The number of carbonyl (C=O) groups is 2. The summed E-state index contributed by atoms with van der Waals surface area (Å²) in [6.07, 6.45) is 0.830. The number of hydrogen-bond acceptors (Lipinski definition) is 7. The third kappa shape index (κ3) is 5.59. The van der Waals surface area contributed by atoms with Crippen LogP contribution in [0.1, 0.15) is 44.4 Å². The highest BCUT2D eigenvalue weighted by molar-refractivity contribution is 6.46. The van der Waals surface area contributed by atoms with Gasteiger partial charge in [-0.25, -0.2) is 0 Å². The van der Waals surface area contributed by atoms with Crippen molar-refractivity contribution in [3.8, 4) is 17.2 Å². The maximum atomic E-state index is 13.2. The molecule has 1 atom stereocenters. The van der Waals surface area contributed by atoms with Gasteiger partial charge in [-0.3, -0.25) is 9.59 Å². The van der Waals surface area contributed by atoms with Crippen LogP contribution in [0.15, 0.2) is 48.0 Å². The van der Waals surface area contributed by atoms with Crippen molar-refractivity contribution in [1.82, 2.24) is 9.80 Å². The average molecular weight is 483 g/mol. The second-order valence-electron chi connectivity index (χ2n) is 8.33. The third-order valence-corrected chi connectivity index (χ3v) is 6.19. The number of rotatable bonds is 11. The maximum Gasteiger partial charge on any atom is 0.295 e. The van der Waals surface area contributed by atoms with Gasteiger partial charge in [-0.05, 0) is 49.3 Å². The first-order valence-electron chi connectivity index (χ1n) is 12.0. The number of benzene rings is 2. The molecular formula is C27H34N2O6. The van der Waals surface area contributed by atoms with Crippen molar-refractivity contribution >= 4 is 17.4 Å². The highest BCUT2D eigenvalue weighted by Crippen LogP contribution is 2.41. The molecule has 1 aliphatic heterocycles. The fourth-order valence-electron chi connectivity index (χ4n) is 4.22. The van der Waals surface area contributed by atoms with Crippen LogP contribution in [-0.4, -0.2) is 71.6 Å². The molecule has 35 heavy (non-hydrogen) atoms. The minimum atomic E-state index is -0.833. The summed E-state index contributed by atoms with van der Waals surface area (Å²) in [6.45, 7) is 9.08. The average Bonchev–Trinajstić information content (AvgIpc) is 3.13. The summed E-state index contributed by atoms with van der Waals surface area (Å²) in [6, 6.07) is 10.7. The van der Waals surface area contributed by atoms with E-state index in [1.54, 1.807) is 36.4 Å². The zero-order valence-electron chi connectivity index (χ0n) is 20.8. The van der Waals surface area contributed by atoms with Crippen molar-refractivity contribution < 1.29 is 29.3 Å². The minimum Gasteiger partial charge on any atom is -0.507 e. The summed E-state index contributed by atoms with van der Waals surface area (Å²) in [5.74, 6) is -0.973. The van der Waals surface area contributed by atoms with Gasteiger partial charge in [0.15, 0.2) is 11.5 Å². The molecule has 0 saturated carbocycles. The molecule has 1 fully saturated rings. The van der Waals surface area contributed by atoms with E-state index in [4.69, 9.17) is 9.47 Å². The topological polar surface area (TPSA) is 99.5 Å². The Kier molecular flexibility index (Phi) is 8.76. The number of phenols is 1. The number of ether oxygens (including phenoxy) is 2. The standard InChI is InChI=1S/C27H34N2O6/c1-5-15-35-20-10-8-9-19(16-20)25(31)23-24(18-11-12-21(30)22(17-18)34-4)29(27(33)26(23)32)14-13-28(6-2)7-3/h8-12,16-17,24,30-31H,5-7,13-15H2,1-4H3. The van der Waals surface area contributed by atoms with E-state index in [1.165, 1.54) is 18.1 Å². The van der Waals surface area contributed by atoms with Crippen LogP contribution in [0.25, 0.3) is 5.76 Å². The molecule has 1 unspecified atom stereocenters. The van der Waals surface area contributed by atoms with Crippen LogP contribution in [-0.2, 0) is 9.59 Å². The number of likely N-dealkylation sites (N-methyl/N-ethyl adjacent to an activating group) is 1. The lowest BCUT2D eigenvalue weighted by Crippen LogP contribution is -2.38. The number of aliphatic hydroxyl groups is 1. The molecule has 1 aliphatic rings. The van der Waals surface area contributed by atoms with E-state index in [0.717, 1.165) is 19.5 Å². The van der Waals surface area contributed by atoms with E-state index in [1.807, 2.05) is 20.8 Å². The highest BCUT2D eigenvalue weighted by atomic mass is 16.5. The summed E-state index contributed by atoms with van der Waals surface area (Å²) < 4.78 is 10.9. The number of carbonyl (C=O) groups excluding carboxylic acids is 2. The fraction of sp³-hybridized carbons (Fsp3) is 0.407. The van der Waals surface area contributed by atoms with Crippen LogP contribution in [0.5, 0.6) is 17.2 Å². The smallest absolute Gasteiger partial charge is 0.295 e. The number of methoxy groups -OCH3 is 1. The number of amides is 1. The Morgan fingerprint density at radius 1 is 1.09 bits per heavy atom. The Balaban J connectivity index is 2.12. The monoisotopic (exact) mass is 482 g/mol. The zero-order chi connectivity index (χ0) is 25.5. The molecule has 1 heterocycles. The molecule has 0 bridgehead atoms. The van der Waals surface area contributed by atoms with Gasteiger partial charge >= 0.3 is 0 Å². The molecule has 8 heteroatoms.